The van der Waals surface area contributed by atoms with Gasteiger partial charge in [0.05, 0.1) is 5.52 Å². The Balaban J connectivity index is 1.24. The van der Waals surface area contributed by atoms with Crippen molar-refractivity contribution in [1.82, 2.24) is 19.8 Å². The minimum absolute atomic E-state index is 0.139. The SMILES string of the molecule is CN1CCN(c2cc(C(=O)N3CCCC(Cc4cccc5cccnc45)CC3)ccn2)CC1. The summed E-state index contributed by atoms with van der Waals surface area (Å²) in [7, 11) is 2.15. The van der Waals surface area contributed by atoms with Crippen molar-refractivity contribution in [3.8, 4) is 0 Å². The highest BCUT2D eigenvalue weighted by Gasteiger charge is 2.23. The van der Waals surface area contributed by atoms with Crippen molar-refractivity contribution in [2.75, 3.05) is 51.2 Å². The maximum atomic E-state index is 13.3. The Labute approximate surface area is 196 Å². The van der Waals surface area contributed by atoms with Gasteiger partial charge in [-0.2, -0.15) is 0 Å². The van der Waals surface area contributed by atoms with Crippen LogP contribution in [0.4, 0.5) is 5.82 Å². The van der Waals surface area contributed by atoms with Crippen molar-refractivity contribution in [2.24, 2.45) is 5.92 Å². The monoisotopic (exact) mass is 443 g/mol. The molecule has 2 saturated heterocycles. The fraction of sp³-hybridized carbons (Fsp3) is 0.444. The predicted molar refractivity (Wildman–Crippen MR) is 133 cm³/mol. The molecule has 172 valence electrons. The van der Waals surface area contributed by atoms with Crippen LogP contribution in [0.1, 0.15) is 35.2 Å². The topological polar surface area (TPSA) is 52.6 Å². The molecule has 2 aliphatic rings. The highest BCUT2D eigenvalue weighted by Crippen LogP contribution is 2.26. The van der Waals surface area contributed by atoms with Gasteiger partial charge in [0.2, 0.25) is 0 Å². The number of amides is 1. The van der Waals surface area contributed by atoms with Crippen LogP contribution in [0.15, 0.2) is 54.9 Å². The van der Waals surface area contributed by atoms with Gasteiger partial charge in [0.25, 0.3) is 5.91 Å². The van der Waals surface area contributed by atoms with Crippen LogP contribution in [0.5, 0.6) is 0 Å². The zero-order valence-electron chi connectivity index (χ0n) is 19.5. The van der Waals surface area contributed by atoms with Crippen molar-refractivity contribution in [2.45, 2.75) is 25.7 Å². The number of nitrogens with zero attached hydrogens (tertiary/aromatic N) is 5. The van der Waals surface area contributed by atoms with Gasteiger partial charge in [-0.1, -0.05) is 24.3 Å². The third-order valence-corrected chi connectivity index (χ3v) is 7.18. The first-order valence-corrected chi connectivity index (χ1v) is 12.2. The number of carbonyl (C=O) groups excluding carboxylic acids is 1. The van der Waals surface area contributed by atoms with Crippen molar-refractivity contribution < 1.29 is 4.79 Å². The van der Waals surface area contributed by atoms with E-state index in [1.807, 2.05) is 29.3 Å². The number of aromatic nitrogens is 2. The lowest BCUT2D eigenvalue weighted by Crippen LogP contribution is -2.44. The molecule has 2 fully saturated rings. The summed E-state index contributed by atoms with van der Waals surface area (Å²) in [5, 5.41) is 1.20. The average molecular weight is 444 g/mol. The van der Waals surface area contributed by atoms with Gasteiger partial charge in [-0.3, -0.25) is 9.78 Å². The molecule has 1 unspecified atom stereocenters. The van der Waals surface area contributed by atoms with E-state index in [1.165, 1.54) is 10.9 Å². The van der Waals surface area contributed by atoms with Gasteiger partial charge in [0, 0.05) is 62.6 Å². The summed E-state index contributed by atoms with van der Waals surface area (Å²) in [6.07, 6.45) is 7.92. The lowest BCUT2D eigenvalue weighted by Gasteiger charge is -2.33. The summed E-state index contributed by atoms with van der Waals surface area (Å²) in [6.45, 7) is 5.60. The van der Waals surface area contributed by atoms with E-state index in [0.717, 1.165) is 81.8 Å². The van der Waals surface area contributed by atoms with E-state index in [4.69, 9.17) is 0 Å². The lowest BCUT2D eigenvalue weighted by atomic mass is 9.91. The normalized spacial score (nSPS) is 20.1. The molecular formula is C27H33N5O. The highest BCUT2D eigenvalue weighted by molar-refractivity contribution is 5.95. The molecule has 0 aliphatic carbocycles. The molecular weight excluding hydrogens is 410 g/mol. The number of pyridine rings is 2. The van der Waals surface area contributed by atoms with E-state index in [1.54, 1.807) is 6.20 Å². The summed E-state index contributed by atoms with van der Waals surface area (Å²) >= 11 is 0. The smallest absolute Gasteiger partial charge is 0.254 e. The van der Waals surface area contributed by atoms with E-state index in [9.17, 15) is 4.79 Å². The third kappa shape index (κ3) is 5.01. The van der Waals surface area contributed by atoms with Gasteiger partial charge in [-0.05, 0) is 62.4 Å². The second-order valence-electron chi connectivity index (χ2n) is 9.48. The fourth-order valence-electron chi connectivity index (χ4n) is 5.16. The first-order valence-electron chi connectivity index (χ1n) is 12.2. The first-order chi connectivity index (χ1) is 16.2. The Morgan fingerprint density at radius 2 is 1.79 bits per heavy atom. The number of benzene rings is 1. The summed E-state index contributed by atoms with van der Waals surface area (Å²) in [4.78, 5) is 29.2. The van der Waals surface area contributed by atoms with Crippen molar-refractivity contribution in [1.29, 1.82) is 0 Å². The quantitative estimate of drug-likeness (QED) is 0.613. The van der Waals surface area contributed by atoms with Crippen molar-refractivity contribution >= 4 is 22.6 Å². The van der Waals surface area contributed by atoms with Crippen LogP contribution < -0.4 is 4.90 Å². The first kappa shape index (κ1) is 21.8. The predicted octanol–water partition coefficient (Wildman–Crippen LogP) is 3.87. The number of rotatable bonds is 4. The molecule has 6 heteroatoms. The molecule has 1 aromatic carbocycles. The van der Waals surface area contributed by atoms with E-state index < -0.39 is 0 Å². The number of para-hydroxylation sites is 1. The number of fused-ring (bicyclic) bond motifs is 1. The Morgan fingerprint density at radius 1 is 0.939 bits per heavy atom. The molecule has 1 amide bonds. The fourth-order valence-corrected chi connectivity index (χ4v) is 5.16. The molecule has 0 spiro atoms. The molecule has 0 saturated carbocycles. The molecule has 6 nitrogen and oxygen atoms in total. The van der Waals surface area contributed by atoms with E-state index in [2.05, 4.69) is 51.1 Å². The highest BCUT2D eigenvalue weighted by atomic mass is 16.2. The summed E-state index contributed by atoms with van der Waals surface area (Å²) < 4.78 is 0. The Kier molecular flexibility index (Phi) is 6.53. The van der Waals surface area contributed by atoms with Gasteiger partial charge in [-0.25, -0.2) is 4.98 Å². The van der Waals surface area contributed by atoms with Gasteiger partial charge in [-0.15, -0.1) is 0 Å². The second-order valence-corrected chi connectivity index (χ2v) is 9.48. The lowest BCUT2D eigenvalue weighted by molar-refractivity contribution is 0.0760. The largest absolute Gasteiger partial charge is 0.354 e. The molecule has 0 radical (unpaired) electrons. The maximum Gasteiger partial charge on any atom is 0.254 e. The van der Waals surface area contributed by atoms with Crippen LogP contribution in [0.3, 0.4) is 0 Å². The minimum atomic E-state index is 0.139. The minimum Gasteiger partial charge on any atom is -0.354 e. The van der Waals surface area contributed by atoms with Crippen LogP contribution in [-0.2, 0) is 6.42 Å². The summed E-state index contributed by atoms with van der Waals surface area (Å²) in [5.41, 5.74) is 3.20. The third-order valence-electron chi connectivity index (χ3n) is 7.18. The van der Waals surface area contributed by atoms with Crippen LogP contribution in [-0.4, -0.2) is 72.0 Å². The van der Waals surface area contributed by atoms with Gasteiger partial charge in [0.1, 0.15) is 5.82 Å². The molecule has 2 aromatic heterocycles. The Hall–Kier alpha value is -2.99. The number of hydrogen-bond donors (Lipinski definition) is 0. The summed E-state index contributed by atoms with van der Waals surface area (Å²) in [5.74, 6) is 1.64. The van der Waals surface area contributed by atoms with Crippen LogP contribution in [0.2, 0.25) is 0 Å². The number of likely N-dealkylation sites (tertiary alicyclic amines) is 1. The Morgan fingerprint density at radius 3 is 2.67 bits per heavy atom. The molecule has 2 aliphatic heterocycles. The second kappa shape index (κ2) is 9.87. The van der Waals surface area contributed by atoms with Crippen LogP contribution in [0, 0.1) is 5.92 Å². The zero-order chi connectivity index (χ0) is 22.6. The molecule has 5 rings (SSSR count). The van der Waals surface area contributed by atoms with Crippen LogP contribution >= 0.6 is 0 Å². The van der Waals surface area contributed by atoms with E-state index in [0.29, 0.717) is 5.92 Å². The molecule has 1 atom stereocenters. The zero-order valence-corrected chi connectivity index (χ0v) is 19.5. The van der Waals surface area contributed by atoms with Gasteiger partial charge >= 0.3 is 0 Å². The Bertz CT molecular complexity index is 1100. The standard InChI is InChI=1S/C27H33N5O/c1-30-15-17-31(18-16-30)25-20-24(9-12-28-25)27(33)32-13-4-5-21(10-14-32)19-23-7-2-6-22-8-3-11-29-26(22)23/h2-3,6-9,11-12,20-21H,4-5,10,13-19H2,1H3. The molecule has 0 bridgehead atoms. The van der Waals surface area contributed by atoms with Gasteiger partial charge < -0.3 is 14.7 Å². The maximum absolute atomic E-state index is 13.3. The van der Waals surface area contributed by atoms with E-state index in [-0.39, 0.29) is 5.91 Å². The molecule has 0 N–H and O–H groups in total. The number of anilines is 1. The molecule has 4 heterocycles. The number of likely N-dealkylation sites (N-methyl/N-ethyl adjacent to an activating group) is 1. The average Bonchev–Trinajstić information content (AvgIpc) is 3.10. The number of carbonyl (C=O) groups is 1. The van der Waals surface area contributed by atoms with E-state index >= 15 is 0 Å². The van der Waals surface area contributed by atoms with Gasteiger partial charge in [0.15, 0.2) is 0 Å². The van der Waals surface area contributed by atoms with Crippen molar-refractivity contribution in [3.63, 3.8) is 0 Å². The number of hydrogen-bond acceptors (Lipinski definition) is 5. The molecule has 33 heavy (non-hydrogen) atoms. The van der Waals surface area contributed by atoms with Crippen LogP contribution in [0.25, 0.3) is 10.9 Å². The summed E-state index contributed by atoms with van der Waals surface area (Å²) in [6, 6.07) is 14.4. The molecule has 3 aromatic rings. The number of piperazine rings is 1. The van der Waals surface area contributed by atoms with Crippen molar-refractivity contribution in [3.05, 3.63) is 66.0 Å².